The van der Waals surface area contributed by atoms with Gasteiger partial charge in [-0.25, -0.2) is 8.78 Å². The predicted octanol–water partition coefficient (Wildman–Crippen LogP) is 2.14. The third-order valence-corrected chi connectivity index (χ3v) is 3.89. The first-order chi connectivity index (χ1) is 11.6. The molecule has 1 aliphatic rings. The highest BCUT2D eigenvalue weighted by atomic mass is 127. The van der Waals surface area contributed by atoms with E-state index in [2.05, 4.69) is 15.2 Å². The van der Waals surface area contributed by atoms with Crippen molar-refractivity contribution in [3.63, 3.8) is 0 Å². The average molecular weight is 468 g/mol. The number of rotatable bonds is 8. The Morgan fingerprint density at radius 1 is 1.16 bits per heavy atom. The molecule has 0 bridgehead atoms. The molecular weight excluding hydrogens is 441 g/mol. The molecule has 0 unspecified atom stereocenters. The minimum absolute atomic E-state index is 0. The van der Waals surface area contributed by atoms with Gasteiger partial charge in [0.1, 0.15) is 11.6 Å². The molecule has 1 aromatic rings. The van der Waals surface area contributed by atoms with Crippen molar-refractivity contribution >= 4 is 29.9 Å². The topological polar surface area (TPSA) is 62.9 Å². The summed E-state index contributed by atoms with van der Waals surface area (Å²) in [4.78, 5) is 6.60. The summed E-state index contributed by atoms with van der Waals surface area (Å²) in [5.74, 6) is -0.674. The predicted molar refractivity (Wildman–Crippen MR) is 106 cm³/mol. The van der Waals surface area contributed by atoms with Crippen LogP contribution in [0.5, 0.6) is 0 Å². The zero-order chi connectivity index (χ0) is 17.2. The van der Waals surface area contributed by atoms with Crippen LogP contribution in [0.3, 0.4) is 0 Å². The summed E-state index contributed by atoms with van der Waals surface area (Å²) in [5.41, 5.74) is 6.44. The van der Waals surface area contributed by atoms with E-state index >= 15 is 0 Å². The van der Waals surface area contributed by atoms with Gasteiger partial charge in [-0.3, -0.25) is 9.89 Å². The van der Waals surface area contributed by atoms with E-state index in [0.717, 1.165) is 51.9 Å². The molecule has 0 aliphatic carbocycles. The first kappa shape index (κ1) is 22.0. The second-order valence-electron chi connectivity index (χ2n) is 5.88. The van der Waals surface area contributed by atoms with Gasteiger partial charge in [0.25, 0.3) is 0 Å². The van der Waals surface area contributed by atoms with Crippen LogP contribution in [-0.2, 0) is 11.2 Å². The van der Waals surface area contributed by atoms with Gasteiger partial charge in [0.2, 0.25) is 0 Å². The van der Waals surface area contributed by atoms with Crippen LogP contribution >= 0.6 is 24.0 Å². The summed E-state index contributed by atoms with van der Waals surface area (Å²) in [5, 5.41) is 3.09. The van der Waals surface area contributed by atoms with Gasteiger partial charge in [-0.2, -0.15) is 0 Å². The Hall–Kier alpha value is -1.00. The lowest BCUT2D eigenvalue weighted by atomic mass is 10.1. The highest BCUT2D eigenvalue weighted by molar-refractivity contribution is 14.0. The van der Waals surface area contributed by atoms with Gasteiger partial charge in [0, 0.05) is 32.2 Å². The Labute approximate surface area is 165 Å². The van der Waals surface area contributed by atoms with Crippen LogP contribution < -0.4 is 11.1 Å². The van der Waals surface area contributed by atoms with Crippen LogP contribution in [0.25, 0.3) is 0 Å². The highest BCUT2D eigenvalue weighted by Crippen LogP contribution is 2.09. The second-order valence-corrected chi connectivity index (χ2v) is 5.88. The molecule has 2 rings (SSSR count). The molecule has 0 amide bonds. The summed E-state index contributed by atoms with van der Waals surface area (Å²) in [6.45, 7) is 5.93. The fourth-order valence-electron chi connectivity index (χ4n) is 2.64. The molecule has 1 saturated heterocycles. The molecule has 5 nitrogen and oxygen atoms in total. The smallest absolute Gasteiger partial charge is 0.188 e. The third-order valence-electron chi connectivity index (χ3n) is 3.89. The number of nitrogens with two attached hydrogens (primary N) is 1. The number of aliphatic imine (C=N–C) groups is 1. The number of morpholine rings is 1. The molecular formula is C17H27F2IN4O. The van der Waals surface area contributed by atoms with E-state index in [0.29, 0.717) is 30.9 Å². The van der Waals surface area contributed by atoms with E-state index in [1.54, 1.807) is 0 Å². The maximum absolute atomic E-state index is 13.1. The molecule has 0 atom stereocenters. The van der Waals surface area contributed by atoms with Gasteiger partial charge >= 0.3 is 0 Å². The largest absolute Gasteiger partial charge is 0.379 e. The quantitative estimate of drug-likeness (QED) is 0.266. The number of halogens is 3. The van der Waals surface area contributed by atoms with Gasteiger partial charge in [0.05, 0.1) is 13.2 Å². The van der Waals surface area contributed by atoms with Crippen LogP contribution in [-0.4, -0.2) is 56.8 Å². The van der Waals surface area contributed by atoms with E-state index in [-0.39, 0.29) is 24.0 Å². The minimum Gasteiger partial charge on any atom is -0.379 e. The molecule has 1 aliphatic heterocycles. The van der Waals surface area contributed by atoms with Crippen molar-refractivity contribution in [2.45, 2.75) is 19.3 Å². The van der Waals surface area contributed by atoms with Crippen LogP contribution in [0.2, 0.25) is 0 Å². The summed E-state index contributed by atoms with van der Waals surface area (Å²) >= 11 is 0. The van der Waals surface area contributed by atoms with Crippen molar-refractivity contribution in [1.82, 2.24) is 10.2 Å². The Balaban J connectivity index is 0.00000312. The van der Waals surface area contributed by atoms with Crippen LogP contribution in [0.4, 0.5) is 8.78 Å². The maximum Gasteiger partial charge on any atom is 0.188 e. The van der Waals surface area contributed by atoms with Crippen molar-refractivity contribution in [3.8, 4) is 0 Å². The normalized spacial score (nSPS) is 15.7. The number of ether oxygens (including phenoxy) is 1. The van der Waals surface area contributed by atoms with Crippen molar-refractivity contribution in [2.75, 3.05) is 45.9 Å². The fraction of sp³-hybridized carbons (Fsp3) is 0.588. The maximum atomic E-state index is 13.1. The minimum atomic E-state index is -0.546. The molecule has 1 fully saturated rings. The monoisotopic (exact) mass is 468 g/mol. The van der Waals surface area contributed by atoms with E-state index in [4.69, 9.17) is 10.5 Å². The number of nitrogens with one attached hydrogen (secondary N) is 1. The fourth-order valence-corrected chi connectivity index (χ4v) is 2.64. The first-order valence-electron chi connectivity index (χ1n) is 8.42. The van der Waals surface area contributed by atoms with Crippen LogP contribution in [0, 0.1) is 11.6 Å². The van der Waals surface area contributed by atoms with Gasteiger partial charge in [-0.05, 0) is 43.5 Å². The highest BCUT2D eigenvalue weighted by Gasteiger charge is 2.08. The van der Waals surface area contributed by atoms with E-state index in [1.165, 1.54) is 12.1 Å². The standard InChI is InChI=1S/C17H26F2N4O.HI/c18-15-11-14(12-16(19)13-15)3-1-4-21-17(20)22-5-2-6-23-7-9-24-10-8-23;/h11-13H,1-10H2,(H3,20,21,22);1H. The van der Waals surface area contributed by atoms with Gasteiger partial charge < -0.3 is 15.8 Å². The summed E-state index contributed by atoms with van der Waals surface area (Å²) < 4.78 is 31.4. The average Bonchev–Trinajstić information content (AvgIpc) is 2.56. The Morgan fingerprint density at radius 2 is 1.84 bits per heavy atom. The zero-order valence-corrected chi connectivity index (χ0v) is 16.7. The molecule has 0 saturated carbocycles. The molecule has 8 heteroatoms. The number of hydrogen-bond acceptors (Lipinski definition) is 3. The van der Waals surface area contributed by atoms with Crippen molar-refractivity contribution in [3.05, 3.63) is 35.4 Å². The van der Waals surface area contributed by atoms with Crippen LogP contribution in [0.1, 0.15) is 18.4 Å². The van der Waals surface area contributed by atoms with E-state index in [9.17, 15) is 8.78 Å². The number of nitrogens with zero attached hydrogens (tertiary/aromatic N) is 2. The van der Waals surface area contributed by atoms with Crippen molar-refractivity contribution in [2.24, 2.45) is 10.7 Å². The molecule has 25 heavy (non-hydrogen) atoms. The molecule has 0 aromatic heterocycles. The molecule has 1 heterocycles. The lowest BCUT2D eigenvalue weighted by molar-refractivity contribution is 0.0376. The molecule has 0 spiro atoms. The number of aryl methyl sites for hydroxylation is 1. The molecule has 3 N–H and O–H groups in total. The van der Waals surface area contributed by atoms with E-state index < -0.39 is 11.6 Å². The summed E-state index contributed by atoms with van der Waals surface area (Å²) in [7, 11) is 0. The summed E-state index contributed by atoms with van der Waals surface area (Å²) in [6, 6.07) is 3.57. The molecule has 1 aromatic carbocycles. The second kappa shape index (κ2) is 12.4. The van der Waals surface area contributed by atoms with Gasteiger partial charge in [-0.15, -0.1) is 24.0 Å². The Bertz CT molecular complexity index is 519. The van der Waals surface area contributed by atoms with E-state index in [1.807, 2.05) is 0 Å². The lowest BCUT2D eigenvalue weighted by Gasteiger charge is -2.26. The number of guanidine groups is 1. The number of benzene rings is 1. The van der Waals surface area contributed by atoms with Crippen LogP contribution in [0.15, 0.2) is 23.2 Å². The van der Waals surface area contributed by atoms with Crippen molar-refractivity contribution < 1.29 is 13.5 Å². The molecule has 0 radical (unpaired) electrons. The van der Waals surface area contributed by atoms with Crippen molar-refractivity contribution in [1.29, 1.82) is 0 Å². The SMILES string of the molecule is I.NC(=NCCCc1cc(F)cc(F)c1)NCCCN1CCOCC1. The zero-order valence-electron chi connectivity index (χ0n) is 14.3. The van der Waals surface area contributed by atoms with Gasteiger partial charge in [-0.1, -0.05) is 0 Å². The molecule has 142 valence electrons. The van der Waals surface area contributed by atoms with Gasteiger partial charge in [0.15, 0.2) is 5.96 Å². The lowest BCUT2D eigenvalue weighted by Crippen LogP contribution is -2.39. The Morgan fingerprint density at radius 3 is 2.52 bits per heavy atom. The number of hydrogen-bond donors (Lipinski definition) is 2. The first-order valence-corrected chi connectivity index (χ1v) is 8.42. The Kier molecular flexibility index (Phi) is 10.9. The summed E-state index contributed by atoms with van der Waals surface area (Å²) in [6.07, 6.45) is 2.26. The third kappa shape index (κ3) is 9.31.